The molecule has 0 atom stereocenters. The molecule has 254 valence electrons. The first-order valence-corrected chi connectivity index (χ1v) is 16.5. The van der Waals surface area contributed by atoms with Crippen LogP contribution in [0, 0.1) is 13.8 Å². The zero-order valence-corrected chi connectivity index (χ0v) is 26.8. The maximum absolute atomic E-state index is 13.9. The lowest BCUT2D eigenvalue weighted by atomic mass is 9.89. The van der Waals surface area contributed by atoms with Crippen LogP contribution >= 0.6 is 0 Å². The monoisotopic (exact) mass is 682 g/mol. The van der Waals surface area contributed by atoms with E-state index in [1.807, 2.05) is 0 Å². The molecule has 2 aromatic rings. The second-order valence-electron chi connectivity index (χ2n) is 12.7. The molecule has 0 aliphatic carbocycles. The van der Waals surface area contributed by atoms with Gasteiger partial charge in [0.1, 0.15) is 11.4 Å². The third-order valence-corrected chi connectivity index (χ3v) is 10.7. The van der Waals surface area contributed by atoms with Crippen molar-refractivity contribution in [3.05, 3.63) is 75.2 Å². The van der Waals surface area contributed by atoms with Crippen molar-refractivity contribution in [2.75, 3.05) is 26.2 Å². The van der Waals surface area contributed by atoms with Gasteiger partial charge in [0.15, 0.2) is 0 Å². The van der Waals surface area contributed by atoms with E-state index in [4.69, 9.17) is 0 Å². The van der Waals surface area contributed by atoms with Crippen LogP contribution in [0.5, 0.6) is 0 Å². The number of aryl methyl sites for hydroxylation is 2. The number of aliphatic imine (C=N–C) groups is 1. The topological polar surface area (TPSA) is 119 Å². The maximum atomic E-state index is 13.9. The Morgan fingerprint density at radius 2 is 1.57 bits per heavy atom. The molecule has 47 heavy (non-hydrogen) atoms. The number of sulfonamides is 1. The van der Waals surface area contributed by atoms with E-state index < -0.39 is 44.7 Å². The molecule has 15 heteroatoms. The van der Waals surface area contributed by atoms with Crippen LogP contribution in [0.4, 0.5) is 22.0 Å². The van der Waals surface area contributed by atoms with Gasteiger partial charge in [-0.05, 0) is 87.4 Å². The number of nitrogens with zero attached hydrogens (tertiary/aromatic N) is 3. The van der Waals surface area contributed by atoms with Crippen LogP contribution in [0.15, 0.2) is 46.8 Å². The predicted molar refractivity (Wildman–Crippen MR) is 164 cm³/mol. The highest BCUT2D eigenvalue weighted by Gasteiger charge is 2.59. The molecule has 0 unspecified atom stereocenters. The molecule has 0 bridgehead atoms. The molecule has 0 aromatic heterocycles. The molecule has 3 heterocycles. The van der Waals surface area contributed by atoms with E-state index in [-0.39, 0.29) is 43.2 Å². The Balaban J connectivity index is 1.27. The number of aliphatic hydroxyl groups is 1. The first-order chi connectivity index (χ1) is 21.7. The number of rotatable bonds is 6. The lowest BCUT2D eigenvalue weighted by molar-refractivity contribution is -0.289. The van der Waals surface area contributed by atoms with Crippen LogP contribution in [0.1, 0.15) is 70.8 Å². The summed E-state index contributed by atoms with van der Waals surface area (Å²) in [7, 11) is -3.95. The fraction of sp³-hybridized carbons (Fsp3) is 0.469. The van der Waals surface area contributed by atoms with E-state index in [1.165, 1.54) is 16.4 Å². The average Bonchev–Trinajstić information content (AvgIpc) is 3.30. The molecule has 2 amide bonds. The summed E-state index contributed by atoms with van der Waals surface area (Å²) in [5.74, 6) is -6.02. The molecule has 9 nitrogen and oxygen atoms in total. The van der Waals surface area contributed by atoms with E-state index >= 15 is 0 Å². The number of hydrogen-bond acceptors (Lipinski definition) is 6. The minimum atomic E-state index is -5.81. The number of benzene rings is 2. The molecule has 1 spiro atoms. The van der Waals surface area contributed by atoms with Crippen molar-refractivity contribution in [1.82, 2.24) is 14.5 Å². The zero-order chi connectivity index (χ0) is 34.6. The number of nitrogens with one attached hydrogen (secondary N) is 1. The summed E-state index contributed by atoms with van der Waals surface area (Å²) in [6.45, 7) is 5.99. The molecule has 2 saturated heterocycles. The minimum Gasteiger partial charge on any atom is -0.390 e. The van der Waals surface area contributed by atoms with Crippen molar-refractivity contribution in [1.29, 1.82) is 0 Å². The standard InChI is InChI=1S/C32H35F5N4O5S/c1-20-17-23(27(42)40-12-8-29(3,44)9-13-40)18-21(2)25(20)7-16-47(45,46)41-14-10-30(11-15-41)28(43)38-26(39-30)22-5-4-6-24(19-22)31(33,34)32(35,36)37/h4-7,16-19,44H,8-15H2,1-3H3,(H,38,39,43)/b16-7+. The smallest absolute Gasteiger partial charge is 0.390 e. The number of halogens is 5. The molecule has 2 aromatic carbocycles. The number of alkyl halides is 5. The summed E-state index contributed by atoms with van der Waals surface area (Å²) >= 11 is 0. The fourth-order valence-corrected chi connectivity index (χ4v) is 7.28. The minimum absolute atomic E-state index is 0.0331. The quantitative estimate of drug-likeness (QED) is 0.430. The molecular formula is C32H35F5N4O5S. The van der Waals surface area contributed by atoms with Gasteiger partial charge in [-0.15, -0.1) is 0 Å². The highest BCUT2D eigenvalue weighted by molar-refractivity contribution is 7.92. The van der Waals surface area contributed by atoms with Crippen LogP contribution in [-0.4, -0.2) is 83.9 Å². The molecule has 2 N–H and O–H groups in total. The van der Waals surface area contributed by atoms with E-state index in [1.54, 1.807) is 37.8 Å². The van der Waals surface area contributed by atoms with Crippen LogP contribution in [0.25, 0.3) is 6.08 Å². The van der Waals surface area contributed by atoms with Gasteiger partial charge in [-0.3, -0.25) is 14.6 Å². The number of amidine groups is 1. The SMILES string of the molecule is Cc1cc(C(=O)N2CCC(C)(O)CC2)cc(C)c1/C=C/S(=O)(=O)N1CCC2(CC1)N=C(c1cccc(C(F)(F)C(F)(F)F)c1)NC2=O. The molecule has 3 aliphatic heterocycles. The number of likely N-dealkylation sites (tertiary alicyclic amines) is 1. The Labute approximate surface area is 269 Å². The number of carbonyl (C=O) groups is 2. The van der Waals surface area contributed by atoms with E-state index in [0.29, 0.717) is 60.3 Å². The lowest BCUT2D eigenvalue weighted by Gasteiger charge is -2.36. The van der Waals surface area contributed by atoms with Crippen molar-refractivity contribution < 1.29 is 45.1 Å². The van der Waals surface area contributed by atoms with E-state index in [2.05, 4.69) is 10.3 Å². The first kappa shape index (κ1) is 34.6. The summed E-state index contributed by atoms with van der Waals surface area (Å²) in [6, 6.07) is 6.94. The highest BCUT2D eigenvalue weighted by atomic mass is 32.2. The largest absolute Gasteiger partial charge is 0.458 e. The number of hydrogen-bond donors (Lipinski definition) is 2. The lowest BCUT2D eigenvalue weighted by Crippen LogP contribution is -2.50. The van der Waals surface area contributed by atoms with Gasteiger partial charge in [0.25, 0.3) is 11.8 Å². The zero-order valence-electron chi connectivity index (χ0n) is 26.0. The molecular weight excluding hydrogens is 647 g/mol. The summed E-state index contributed by atoms with van der Waals surface area (Å²) in [5, 5.41) is 13.7. The predicted octanol–water partition coefficient (Wildman–Crippen LogP) is 4.66. The van der Waals surface area contributed by atoms with Gasteiger partial charge in [-0.1, -0.05) is 18.2 Å². The molecule has 3 aliphatic rings. The Morgan fingerprint density at radius 3 is 2.15 bits per heavy atom. The van der Waals surface area contributed by atoms with Crippen LogP contribution in [0.3, 0.4) is 0 Å². The van der Waals surface area contributed by atoms with Gasteiger partial charge in [0, 0.05) is 48.3 Å². The van der Waals surface area contributed by atoms with Crippen molar-refractivity contribution >= 4 is 33.7 Å². The fourth-order valence-electron chi connectivity index (χ4n) is 6.10. The number of amides is 2. The van der Waals surface area contributed by atoms with Gasteiger partial charge >= 0.3 is 12.1 Å². The summed E-state index contributed by atoms with van der Waals surface area (Å²) < 4.78 is 94.2. The van der Waals surface area contributed by atoms with Crippen molar-refractivity contribution in [2.24, 2.45) is 4.99 Å². The van der Waals surface area contributed by atoms with Crippen LogP contribution in [-0.2, 0) is 20.7 Å². The van der Waals surface area contributed by atoms with Gasteiger partial charge in [-0.2, -0.15) is 26.3 Å². The van der Waals surface area contributed by atoms with E-state index in [9.17, 15) is 45.1 Å². The first-order valence-electron chi connectivity index (χ1n) is 15.0. The molecule has 0 radical (unpaired) electrons. The highest BCUT2D eigenvalue weighted by Crippen LogP contribution is 2.44. The number of carbonyl (C=O) groups excluding carboxylic acids is 2. The Morgan fingerprint density at radius 1 is 0.979 bits per heavy atom. The molecule has 2 fully saturated rings. The Kier molecular flexibility index (Phi) is 8.90. The average molecular weight is 683 g/mol. The van der Waals surface area contributed by atoms with Gasteiger partial charge in [0.05, 0.1) is 5.60 Å². The molecule has 0 saturated carbocycles. The Hall–Kier alpha value is -3.69. The summed E-state index contributed by atoms with van der Waals surface area (Å²) in [5.41, 5.74) is -1.12. The van der Waals surface area contributed by atoms with Crippen molar-refractivity contribution in [2.45, 2.75) is 69.7 Å². The van der Waals surface area contributed by atoms with Gasteiger partial charge in [-0.25, -0.2) is 8.42 Å². The van der Waals surface area contributed by atoms with E-state index in [0.717, 1.165) is 11.5 Å². The third kappa shape index (κ3) is 6.83. The number of piperidine rings is 2. The van der Waals surface area contributed by atoms with Gasteiger partial charge in [0.2, 0.25) is 10.0 Å². The summed E-state index contributed by atoms with van der Waals surface area (Å²) in [4.78, 5) is 32.1. The van der Waals surface area contributed by atoms with Gasteiger partial charge < -0.3 is 15.3 Å². The maximum Gasteiger partial charge on any atom is 0.458 e. The second-order valence-corrected chi connectivity index (χ2v) is 14.5. The van der Waals surface area contributed by atoms with Crippen LogP contribution in [0.2, 0.25) is 0 Å². The van der Waals surface area contributed by atoms with Crippen molar-refractivity contribution in [3.8, 4) is 0 Å². The summed E-state index contributed by atoms with van der Waals surface area (Å²) in [6.07, 6.45) is -3.46. The Bertz CT molecular complexity index is 1730. The van der Waals surface area contributed by atoms with Crippen LogP contribution < -0.4 is 5.32 Å². The third-order valence-electron chi connectivity index (χ3n) is 9.12. The molecule has 5 rings (SSSR count). The second kappa shape index (κ2) is 12.1. The normalized spacial score (nSPS) is 20.5. The van der Waals surface area contributed by atoms with Crippen molar-refractivity contribution in [3.63, 3.8) is 0 Å².